The van der Waals surface area contributed by atoms with Gasteiger partial charge in [-0.1, -0.05) is 0 Å². The van der Waals surface area contributed by atoms with Gasteiger partial charge in [0.25, 0.3) is 5.24 Å². The Morgan fingerprint density at radius 1 is 1.10 bits per heavy atom. The highest BCUT2D eigenvalue weighted by molar-refractivity contribution is 8.13. The predicted octanol–water partition coefficient (Wildman–Crippen LogP) is 4.83. The molecule has 3 aromatic rings. The van der Waals surface area contributed by atoms with E-state index in [2.05, 4.69) is 10.3 Å². The van der Waals surface area contributed by atoms with E-state index in [-0.39, 0.29) is 23.4 Å². The number of aromatic nitrogens is 1. The average molecular weight is 413 g/mol. The maximum atomic E-state index is 13.0. The van der Waals surface area contributed by atoms with Crippen molar-refractivity contribution in [2.45, 2.75) is 17.7 Å². The van der Waals surface area contributed by atoms with E-state index in [1.807, 2.05) is 0 Å². The molecule has 6 nitrogen and oxygen atoms in total. The molecule has 3 rings (SSSR count). The molecule has 1 N–H and O–H groups in total. The minimum Gasteiger partial charge on any atom is -0.441 e. The summed E-state index contributed by atoms with van der Waals surface area (Å²) in [6, 6.07) is 13.0. The number of anilines is 1. The molecule has 0 fully saturated rings. The van der Waals surface area contributed by atoms with Crippen molar-refractivity contribution in [3.8, 4) is 11.3 Å². The van der Waals surface area contributed by atoms with E-state index in [0.717, 1.165) is 22.2 Å². The van der Waals surface area contributed by atoms with Gasteiger partial charge in [0.1, 0.15) is 5.82 Å². The zero-order valence-electron chi connectivity index (χ0n) is 16.0. The molecule has 0 bridgehead atoms. The first-order chi connectivity index (χ1) is 13.9. The van der Waals surface area contributed by atoms with Crippen molar-refractivity contribution in [2.24, 2.45) is 0 Å². The molecule has 0 atom stereocenters. The van der Waals surface area contributed by atoms with Crippen molar-refractivity contribution in [2.75, 3.05) is 19.4 Å². The van der Waals surface area contributed by atoms with Gasteiger partial charge in [-0.25, -0.2) is 9.37 Å². The number of carbonyl (C=O) groups excluding carboxylic acids is 2. The van der Waals surface area contributed by atoms with E-state index in [1.54, 1.807) is 56.7 Å². The number of oxazole rings is 1. The lowest BCUT2D eigenvalue weighted by Gasteiger charge is -2.09. The molecular formula is C21H20FN3O3S. The third kappa shape index (κ3) is 5.92. The van der Waals surface area contributed by atoms with Gasteiger partial charge in [0, 0.05) is 43.1 Å². The molecule has 1 heterocycles. The molecule has 0 aliphatic carbocycles. The van der Waals surface area contributed by atoms with Crippen LogP contribution in [-0.2, 0) is 11.2 Å². The van der Waals surface area contributed by atoms with Crippen molar-refractivity contribution in [1.82, 2.24) is 9.88 Å². The second-order valence-electron chi connectivity index (χ2n) is 6.46. The van der Waals surface area contributed by atoms with Crippen molar-refractivity contribution in [3.05, 3.63) is 66.4 Å². The Bertz CT molecular complexity index is 985. The zero-order valence-corrected chi connectivity index (χ0v) is 16.8. The van der Waals surface area contributed by atoms with Crippen LogP contribution >= 0.6 is 11.8 Å². The Morgan fingerprint density at radius 2 is 1.79 bits per heavy atom. The molecule has 0 radical (unpaired) electrons. The first kappa shape index (κ1) is 20.6. The van der Waals surface area contributed by atoms with Crippen LogP contribution in [0.2, 0.25) is 0 Å². The van der Waals surface area contributed by atoms with Crippen LogP contribution in [0.1, 0.15) is 12.3 Å². The summed E-state index contributed by atoms with van der Waals surface area (Å²) in [6.45, 7) is 0. The Labute approximate surface area is 172 Å². The monoisotopic (exact) mass is 413 g/mol. The Balaban J connectivity index is 1.50. The van der Waals surface area contributed by atoms with E-state index < -0.39 is 0 Å². The van der Waals surface area contributed by atoms with Gasteiger partial charge >= 0.3 is 0 Å². The number of carbonyl (C=O) groups is 2. The Morgan fingerprint density at radius 3 is 2.45 bits per heavy atom. The number of hydrogen-bond acceptors (Lipinski definition) is 5. The summed E-state index contributed by atoms with van der Waals surface area (Å²) >= 11 is 1.12. The highest BCUT2D eigenvalue weighted by atomic mass is 32.2. The summed E-state index contributed by atoms with van der Waals surface area (Å²) in [5.74, 6) is 0.478. The fraction of sp³-hybridized carbons (Fsp3) is 0.190. The average Bonchev–Trinajstić information content (AvgIpc) is 3.17. The fourth-order valence-corrected chi connectivity index (χ4v) is 3.07. The Hall–Kier alpha value is -3.13. The molecule has 8 heteroatoms. The highest BCUT2D eigenvalue weighted by Gasteiger charge is 2.10. The summed E-state index contributed by atoms with van der Waals surface area (Å²) in [6.07, 6.45) is 2.11. The van der Waals surface area contributed by atoms with Crippen LogP contribution in [0, 0.1) is 5.82 Å². The zero-order chi connectivity index (χ0) is 20.8. The van der Waals surface area contributed by atoms with Crippen molar-refractivity contribution >= 4 is 28.6 Å². The lowest BCUT2D eigenvalue weighted by molar-refractivity contribution is -0.116. The van der Waals surface area contributed by atoms with Gasteiger partial charge in [-0.15, -0.1) is 0 Å². The van der Waals surface area contributed by atoms with Gasteiger partial charge in [0.15, 0.2) is 11.7 Å². The van der Waals surface area contributed by atoms with Crippen molar-refractivity contribution in [3.63, 3.8) is 0 Å². The number of benzene rings is 2. The van der Waals surface area contributed by atoms with Gasteiger partial charge in [-0.05, 0) is 60.3 Å². The molecular weight excluding hydrogens is 393 g/mol. The number of halogens is 1. The summed E-state index contributed by atoms with van der Waals surface area (Å²) in [4.78, 5) is 30.3. The van der Waals surface area contributed by atoms with Crippen LogP contribution in [-0.4, -0.2) is 35.1 Å². The number of nitrogens with one attached hydrogen (secondary N) is 1. The van der Waals surface area contributed by atoms with Crippen molar-refractivity contribution in [1.29, 1.82) is 0 Å². The number of nitrogens with zero attached hydrogens (tertiary/aromatic N) is 2. The normalized spacial score (nSPS) is 10.6. The van der Waals surface area contributed by atoms with E-state index in [9.17, 15) is 14.0 Å². The molecule has 2 amide bonds. The fourth-order valence-electron chi connectivity index (χ4n) is 2.42. The number of aryl methyl sites for hydroxylation is 1. The van der Waals surface area contributed by atoms with Gasteiger partial charge in [-0.3, -0.25) is 9.59 Å². The quantitative estimate of drug-likeness (QED) is 0.586. The predicted molar refractivity (Wildman–Crippen MR) is 110 cm³/mol. The number of rotatable bonds is 6. The third-order valence-corrected chi connectivity index (χ3v) is 5.00. The lowest BCUT2D eigenvalue weighted by atomic mass is 10.2. The molecule has 0 spiro atoms. The van der Waals surface area contributed by atoms with Gasteiger partial charge < -0.3 is 14.6 Å². The Kier molecular flexibility index (Phi) is 6.66. The number of hydrogen-bond donors (Lipinski definition) is 1. The van der Waals surface area contributed by atoms with Crippen LogP contribution in [0.25, 0.3) is 11.3 Å². The van der Waals surface area contributed by atoms with Crippen molar-refractivity contribution < 1.29 is 18.4 Å². The standard InChI is InChI=1S/C21H20FN3O3S/c1-25(2)21(27)29-17-9-7-16(8-10-17)24-19(26)11-12-20-23-13-18(28-20)14-3-5-15(22)6-4-14/h3-10,13H,11-12H2,1-2H3,(H,24,26). The first-order valence-corrected chi connectivity index (χ1v) is 9.72. The van der Waals surface area contributed by atoms with Gasteiger partial charge in [-0.2, -0.15) is 0 Å². The maximum Gasteiger partial charge on any atom is 0.285 e. The molecule has 2 aromatic carbocycles. The highest BCUT2D eigenvalue weighted by Crippen LogP contribution is 2.23. The minimum absolute atomic E-state index is 0.0623. The second kappa shape index (κ2) is 9.38. The molecule has 29 heavy (non-hydrogen) atoms. The topological polar surface area (TPSA) is 75.4 Å². The smallest absolute Gasteiger partial charge is 0.285 e. The number of thioether (sulfide) groups is 1. The van der Waals surface area contributed by atoms with Crippen LogP contribution < -0.4 is 5.32 Å². The van der Waals surface area contributed by atoms with Crippen LogP contribution in [0.3, 0.4) is 0 Å². The lowest BCUT2D eigenvalue weighted by Crippen LogP contribution is -2.16. The maximum absolute atomic E-state index is 13.0. The van der Waals surface area contributed by atoms with Gasteiger partial charge in [0.2, 0.25) is 5.91 Å². The molecule has 0 unspecified atom stereocenters. The summed E-state index contributed by atoms with van der Waals surface area (Å²) in [5, 5.41) is 2.74. The van der Waals surface area contributed by atoms with E-state index in [1.165, 1.54) is 17.0 Å². The number of amides is 2. The summed E-state index contributed by atoms with van der Waals surface area (Å²) in [7, 11) is 3.39. The van der Waals surface area contributed by atoms with E-state index in [4.69, 9.17) is 4.42 Å². The molecule has 0 aliphatic heterocycles. The molecule has 0 aliphatic rings. The summed E-state index contributed by atoms with van der Waals surface area (Å²) < 4.78 is 18.6. The largest absolute Gasteiger partial charge is 0.441 e. The molecule has 150 valence electrons. The molecule has 0 saturated carbocycles. The first-order valence-electron chi connectivity index (χ1n) is 8.90. The van der Waals surface area contributed by atoms with Crippen LogP contribution in [0.4, 0.5) is 14.9 Å². The van der Waals surface area contributed by atoms with Gasteiger partial charge in [0.05, 0.1) is 6.20 Å². The van der Waals surface area contributed by atoms with E-state index >= 15 is 0 Å². The second-order valence-corrected chi connectivity index (χ2v) is 7.48. The minimum atomic E-state index is -0.318. The van der Waals surface area contributed by atoms with Crippen LogP contribution in [0.15, 0.2) is 64.0 Å². The molecule has 0 saturated heterocycles. The van der Waals surface area contributed by atoms with Crippen LogP contribution in [0.5, 0.6) is 0 Å². The molecule has 1 aromatic heterocycles. The SMILES string of the molecule is CN(C)C(=O)Sc1ccc(NC(=O)CCc2ncc(-c3ccc(F)cc3)o2)cc1. The summed E-state index contributed by atoms with van der Waals surface area (Å²) in [5.41, 5.74) is 1.37. The van der Waals surface area contributed by atoms with E-state index in [0.29, 0.717) is 23.8 Å². The third-order valence-electron chi connectivity index (χ3n) is 3.96.